The number of benzene rings is 1. The molecule has 2 nitrogen and oxygen atoms in total. The number of nitrogens with zero attached hydrogens (tertiary/aromatic N) is 1. The van der Waals surface area contributed by atoms with Gasteiger partial charge in [-0.1, -0.05) is 37.3 Å². The summed E-state index contributed by atoms with van der Waals surface area (Å²) >= 11 is 1.85. The summed E-state index contributed by atoms with van der Waals surface area (Å²) in [6.07, 6.45) is 6.70. The molecule has 1 unspecified atom stereocenters. The van der Waals surface area contributed by atoms with Crippen LogP contribution < -0.4 is 5.73 Å². The van der Waals surface area contributed by atoms with Crippen LogP contribution >= 0.6 is 11.3 Å². The standard InChI is InChI=1S/C17H22N2S/c1-2-17(18,12-13-8-4-3-5-9-13)16-19-14-10-6-7-11-15(14)20-16/h3-5,8-9H,2,6-7,10-12,18H2,1H3. The SMILES string of the molecule is CCC(N)(Cc1ccccc1)c1nc2c(s1)CCCC2. The first-order chi connectivity index (χ1) is 9.71. The normalized spacial score (nSPS) is 17.5. The van der Waals surface area contributed by atoms with E-state index in [1.54, 1.807) is 0 Å². The lowest BCUT2D eigenvalue weighted by Crippen LogP contribution is -2.38. The lowest BCUT2D eigenvalue weighted by atomic mass is 9.90. The first kappa shape index (κ1) is 13.8. The molecule has 3 rings (SSSR count). The highest BCUT2D eigenvalue weighted by Gasteiger charge is 2.31. The Labute approximate surface area is 125 Å². The Balaban J connectivity index is 1.89. The van der Waals surface area contributed by atoms with Crippen LogP contribution in [-0.4, -0.2) is 4.98 Å². The van der Waals surface area contributed by atoms with E-state index in [1.807, 2.05) is 11.3 Å². The van der Waals surface area contributed by atoms with Crippen molar-refractivity contribution in [2.24, 2.45) is 5.73 Å². The fourth-order valence-electron chi connectivity index (χ4n) is 2.88. The second-order valence-corrected chi connectivity index (χ2v) is 6.85. The topological polar surface area (TPSA) is 38.9 Å². The Hall–Kier alpha value is -1.19. The summed E-state index contributed by atoms with van der Waals surface area (Å²) in [6, 6.07) is 10.5. The van der Waals surface area contributed by atoms with Gasteiger partial charge in [0.1, 0.15) is 5.01 Å². The molecule has 1 heterocycles. The van der Waals surface area contributed by atoms with E-state index in [-0.39, 0.29) is 5.54 Å². The second-order valence-electron chi connectivity index (χ2n) is 5.77. The van der Waals surface area contributed by atoms with Gasteiger partial charge in [0.15, 0.2) is 0 Å². The third kappa shape index (κ3) is 2.65. The van der Waals surface area contributed by atoms with Crippen LogP contribution in [0.15, 0.2) is 30.3 Å². The Morgan fingerprint density at radius 3 is 2.65 bits per heavy atom. The van der Waals surface area contributed by atoms with Crippen molar-refractivity contribution in [3.8, 4) is 0 Å². The maximum atomic E-state index is 6.71. The van der Waals surface area contributed by atoms with E-state index >= 15 is 0 Å². The Kier molecular flexibility index (Phi) is 3.90. The lowest BCUT2D eigenvalue weighted by molar-refractivity contribution is 0.421. The summed E-state index contributed by atoms with van der Waals surface area (Å²) in [5.74, 6) is 0. The third-order valence-corrected chi connectivity index (χ3v) is 5.64. The highest BCUT2D eigenvalue weighted by molar-refractivity contribution is 7.11. The molecular weight excluding hydrogens is 264 g/mol. The fraction of sp³-hybridized carbons (Fsp3) is 0.471. The molecule has 1 aliphatic carbocycles. The summed E-state index contributed by atoms with van der Waals surface area (Å²) in [4.78, 5) is 6.36. The zero-order chi connectivity index (χ0) is 14.0. The summed E-state index contributed by atoms with van der Waals surface area (Å²) in [7, 11) is 0. The van der Waals surface area contributed by atoms with Crippen LogP contribution in [-0.2, 0) is 24.8 Å². The summed E-state index contributed by atoms with van der Waals surface area (Å²) in [6.45, 7) is 2.17. The molecular formula is C17H22N2S. The molecule has 3 heteroatoms. The smallest absolute Gasteiger partial charge is 0.113 e. The van der Waals surface area contributed by atoms with Gasteiger partial charge in [-0.15, -0.1) is 11.3 Å². The van der Waals surface area contributed by atoms with Crippen molar-refractivity contribution in [3.63, 3.8) is 0 Å². The minimum absolute atomic E-state index is 0.316. The first-order valence-electron chi connectivity index (χ1n) is 7.53. The van der Waals surface area contributed by atoms with Crippen molar-refractivity contribution in [2.75, 3.05) is 0 Å². The third-order valence-electron chi connectivity index (χ3n) is 4.26. The number of aryl methyl sites for hydroxylation is 2. The number of thiazole rings is 1. The Morgan fingerprint density at radius 2 is 1.95 bits per heavy atom. The van der Waals surface area contributed by atoms with Crippen LogP contribution in [0.3, 0.4) is 0 Å². The Morgan fingerprint density at radius 1 is 1.20 bits per heavy atom. The van der Waals surface area contributed by atoms with Crippen LogP contribution in [0.25, 0.3) is 0 Å². The van der Waals surface area contributed by atoms with E-state index in [4.69, 9.17) is 10.7 Å². The van der Waals surface area contributed by atoms with Gasteiger partial charge in [0, 0.05) is 4.88 Å². The van der Waals surface area contributed by atoms with E-state index < -0.39 is 0 Å². The molecule has 1 atom stereocenters. The average molecular weight is 286 g/mol. The number of fused-ring (bicyclic) bond motifs is 1. The van der Waals surface area contributed by atoms with Crippen molar-refractivity contribution in [2.45, 2.75) is 51.0 Å². The molecule has 1 aromatic heterocycles. The van der Waals surface area contributed by atoms with Crippen molar-refractivity contribution in [1.29, 1.82) is 0 Å². The maximum absolute atomic E-state index is 6.71. The molecule has 106 valence electrons. The molecule has 0 saturated carbocycles. The molecule has 1 aliphatic rings. The van der Waals surface area contributed by atoms with Crippen LogP contribution in [0.4, 0.5) is 0 Å². The van der Waals surface area contributed by atoms with Gasteiger partial charge in [-0.3, -0.25) is 0 Å². The van der Waals surface area contributed by atoms with Crippen LogP contribution in [0.2, 0.25) is 0 Å². The molecule has 20 heavy (non-hydrogen) atoms. The Bertz CT molecular complexity index is 552. The van der Waals surface area contributed by atoms with E-state index in [9.17, 15) is 0 Å². The molecule has 0 aliphatic heterocycles. The second kappa shape index (κ2) is 5.66. The van der Waals surface area contributed by atoms with Gasteiger partial charge >= 0.3 is 0 Å². The first-order valence-corrected chi connectivity index (χ1v) is 8.35. The van der Waals surface area contributed by atoms with Crippen LogP contribution in [0, 0.1) is 0 Å². The molecule has 2 aromatic rings. The number of nitrogens with two attached hydrogens (primary N) is 1. The lowest BCUT2D eigenvalue weighted by Gasteiger charge is -2.26. The minimum Gasteiger partial charge on any atom is -0.319 e. The molecule has 0 bridgehead atoms. The molecule has 0 amide bonds. The predicted octanol–water partition coefficient (Wildman–Crippen LogP) is 3.83. The fourth-order valence-corrected chi connectivity index (χ4v) is 4.20. The van der Waals surface area contributed by atoms with Gasteiger partial charge in [-0.05, 0) is 44.1 Å². The van der Waals surface area contributed by atoms with E-state index in [2.05, 4.69) is 37.3 Å². The number of rotatable bonds is 4. The molecule has 2 N–H and O–H groups in total. The van der Waals surface area contributed by atoms with Gasteiger partial charge < -0.3 is 5.73 Å². The van der Waals surface area contributed by atoms with E-state index in [0.717, 1.165) is 24.3 Å². The van der Waals surface area contributed by atoms with E-state index in [0.29, 0.717) is 0 Å². The van der Waals surface area contributed by atoms with Gasteiger partial charge in [-0.25, -0.2) is 4.98 Å². The van der Waals surface area contributed by atoms with Crippen molar-refractivity contribution in [1.82, 2.24) is 4.98 Å². The zero-order valence-electron chi connectivity index (χ0n) is 12.1. The quantitative estimate of drug-likeness (QED) is 0.927. The highest BCUT2D eigenvalue weighted by Crippen LogP contribution is 2.34. The molecule has 0 radical (unpaired) electrons. The zero-order valence-corrected chi connectivity index (χ0v) is 12.9. The number of hydrogen-bond acceptors (Lipinski definition) is 3. The van der Waals surface area contributed by atoms with Gasteiger partial charge in [-0.2, -0.15) is 0 Å². The van der Waals surface area contributed by atoms with Crippen molar-refractivity contribution >= 4 is 11.3 Å². The van der Waals surface area contributed by atoms with Crippen molar-refractivity contribution in [3.05, 3.63) is 51.5 Å². The molecule has 0 saturated heterocycles. The number of hydrogen-bond donors (Lipinski definition) is 1. The van der Waals surface area contributed by atoms with Crippen LogP contribution in [0.5, 0.6) is 0 Å². The van der Waals surface area contributed by atoms with Gasteiger partial charge in [0.05, 0.1) is 11.2 Å². The number of aromatic nitrogens is 1. The van der Waals surface area contributed by atoms with Gasteiger partial charge in [0.25, 0.3) is 0 Å². The van der Waals surface area contributed by atoms with Crippen molar-refractivity contribution < 1.29 is 0 Å². The molecule has 0 spiro atoms. The van der Waals surface area contributed by atoms with Crippen LogP contribution in [0.1, 0.15) is 47.3 Å². The largest absolute Gasteiger partial charge is 0.319 e. The van der Waals surface area contributed by atoms with E-state index in [1.165, 1.54) is 35.4 Å². The molecule has 1 aromatic carbocycles. The van der Waals surface area contributed by atoms with Gasteiger partial charge in [0.2, 0.25) is 0 Å². The minimum atomic E-state index is -0.316. The monoisotopic (exact) mass is 286 g/mol. The summed E-state index contributed by atoms with van der Waals surface area (Å²) in [5.41, 5.74) is 9.00. The summed E-state index contributed by atoms with van der Waals surface area (Å²) in [5, 5.41) is 1.13. The summed E-state index contributed by atoms with van der Waals surface area (Å²) < 4.78 is 0. The molecule has 0 fully saturated rings. The average Bonchev–Trinajstić information content (AvgIpc) is 2.93. The highest BCUT2D eigenvalue weighted by atomic mass is 32.1. The predicted molar refractivity (Wildman–Crippen MR) is 85.1 cm³/mol. The maximum Gasteiger partial charge on any atom is 0.113 e.